The lowest BCUT2D eigenvalue weighted by Crippen LogP contribution is -2.25. The van der Waals surface area contributed by atoms with Gasteiger partial charge in [0.2, 0.25) is 11.9 Å². The third-order valence-corrected chi connectivity index (χ3v) is 3.02. The van der Waals surface area contributed by atoms with E-state index in [9.17, 15) is 5.11 Å². The van der Waals surface area contributed by atoms with E-state index in [1.54, 1.807) is 0 Å². The highest BCUT2D eigenvalue weighted by Crippen LogP contribution is 2.18. The van der Waals surface area contributed by atoms with Gasteiger partial charge in [-0.3, -0.25) is 0 Å². The van der Waals surface area contributed by atoms with Crippen LogP contribution in [0.4, 0.5) is 11.9 Å². The number of hydrogen-bond acceptors (Lipinski definition) is 8. The van der Waals surface area contributed by atoms with Crippen LogP contribution in [0.1, 0.15) is 13.3 Å². The van der Waals surface area contributed by atoms with Gasteiger partial charge < -0.3 is 15.3 Å². The smallest absolute Gasteiger partial charge is 0.258 e. The first-order valence-corrected chi connectivity index (χ1v) is 6.54. The van der Waals surface area contributed by atoms with Crippen LogP contribution in [0.2, 0.25) is 0 Å². The van der Waals surface area contributed by atoms with Crippen molar-refractivity contribution in [1.82, 2.24) is 29.7 Å². The Morgan fingerprint density at radius 2 is 2.20 bits per heavy atom. The number of rotatable bonds is 4. The molecule has 0 saturated carbocycles. The molecule has 0 bridgehead atoms. The highest BCUT2D eigenvalue weighted by atomic mass is 16.3. The van der Waals surface area contributed by atoms with E-state index in [4.69, 9.17) is 0 Å². The molecule has 1 saturated heterocycles. The molecule has 1 aliphatic rings. The van der Waals surface area contributed by atoms with Crippen molar-refractivity contribution in [2.24, 2.45) is 0 Å². The summed E-state index contributed by atoms with van der Waals surface area (Å²) in [7, 11) is 0. The van der Waals surface area contributed by atoms with Gasteiger partial charge in [0.1, 0.15) is 12.7 Å². The first kappa shape index (κ1) is 12.7. The Labute approximate surface area is 115 Å². The maximum Gasteiger partial charge on any atom is 0.258 e. The molecule has 0 radical (unpaired) electrons. The number of nitrogens with one attached hydrogen (secondary N) is 1. The van der Waals surface area contributed by atoms with E-state index in [1.165, 1.54) is 17.3 Å². The van der Waals surface area contributed by atoms with Crippen LogP contribution in [-0.4, -0.2) is 60.6 Å². The molecule has 0 spiro atoms. The quantitative estimate of drug-likeness (QED) is 0.766. The van der Waals surface area contributed by atoms with Gasteiger partial charge >= 0.3 is 0 Å². The predicted molar refractivity (Wildman–Crippen MR) is 71.7 cm³/mol. The number of hydrogen-bond donors (Lipinski definition) is 2. The Kier molecular flexibility index (Phi) is 3.42. The van der Waals surface area contributed by atoms with E-state index in [2.05, 4.69) is 30.4 Å². The molecular formula is C11H16N8O. The third-order valence-electron chi connectivity index (χ3n) is 3.02. The van der Waals surface area contributed by atoms with Crippen LogP contribution in [0.3, 0.4) is 0 Å². The molecular weight excluding hydrogens is 260 g/mol. The fourth-order valence-corrected chi connectivity index (χ4v) is 2.07. The lowest BCUT2D eigenvalue weighted by Gasteiger charge is -2.16. The molecule has 1 unspecified atom stereocenters. The van der Waals surface area contributed by atoms with Gasteiger partial charge in [-0.1, -0.05) is 0 Å². The SMILES string of the molecule is CCNc1nc(N2CCC(O)C2)nc(-n2cncn2)n1. The van der Waals surface area contributed by atoms with Crippen molar-refractivity contribution < 1.29 is 5.11 Å². The Morgan fingerprint density at radius 3 is 2.85 bits per heavy atom. The lowest BCUT2D eigenvalue weighted by atomic mass is 10.3. The maximum atomic E-state index is 9.63. The van der Waals surface area contributed by atoms with Crippen LogP contribution in [0.15, 0.2) is 12.7 Å². The van der Waals surface area contributed by atoms with Crippen LogP contribution < -0.4 is 10.2 Å². The molecule has 1 aliphatic heterocycles. The molecule has 9 heteroatoms. The zero-order chi connectivity index (χ0) is 13.9. The Bertz CT molecular complexity index is 572. The fraction of sp³-hybridized carbons (Fsp3) is 0.545. The van der Waals surface area contributed by atoms with Crippen LogP contribution in [0.25, 0.3) is 5.95 Å². The summed E-state index contributed by atoms with van der Waals surface area (Å²) in [6.45, 7) is 3.95. The molecule has 9 nitrogen and oxygen atoms in total. The monoisotopic (exact) mass is 276 g/mol. The summed E-state index contributed by atoms with van der Waals surface area (Å²) in [5.41, 5.74) is 0. The molecule has 3 rings (SSSR count). The zero-order valence-corrected chi connectivity index (χ0v) is 11.1. The number of β-amino-alcohol motifs (C(OH)–C–C–N with tert-alkyl or cyclic N) is 1. The molecule has 1 atom stereocenters. The minimum absolute atomic E-state index is 0.329. The summed E-state index contributed by atoms with van der Waals surface area (Å²) in [6, 6.07) is 0. The van der Waals surface area contributed by atoms with Gasteiger partial charge in [-0.05, 0) is 13.3 Å². The standard InChI is InChI=1S/C11H16N8O/c1-2-13-9-15-10(18-4-3-8(20)5-18)17-11(16-9)19-7-12-6-14-19/h6-8,20H,2-5H2,1H3,(H,13,15,16,17). The highest BCUT2D eigenvalue weighted by Gasteiger charge is 2.23. The number of anilines is 2. The van der Waals surface area contributed by atoms with Crippen molar-refractivity contribution in [2.75, 3.05) is 29.9 Å². The second kappa shape index (κ2) is 5.37. The van der Waals surface area contributed by atoms with Gasteiger partial charge in [-0.15, -0.1) is 0 Å². The minimum Gasteiger partial charge on any atom is -0.391 e. The minimum atomic E-state index is -0.329. The van der Waals surface area contributed by atoms with Crippen LogP contribution in [-0.2, 0) is 0 Å². The average molecular weight is 276 g/mol. The zero-order valence-electron chi connectivity index (χ0n) is 11.1. The Morgan fingerprint density at radius 1 is 1.35 bits per heavy atom. The Hall–Kier alpha value is -2.29. The molecule has 0 aliphatic carbocycles. The summed E-state index contributed by atoms with van der Waals surface area (Å²) in [6.07, 6.45) is 3.36. The van der Waals surface area contributed by atoms with Crippen LogP contribution in [0.5, 0.6) is 0 Å². The molecule has 3 heterocycles. The maximum absolute atomic E-state index is 9.63. The predicted octanol–water partition coefficient (Wildman–Crippen LogP) is -0.545. The number of aromatic nitrogens is 6. The van der Waals surface area contributed by atoms with Crippen molar-refractivity contribution >= 4 is 11.9 Å². The van der Waals surface area contributed by atoms with Crippen molar-refractivity contribution in [2.45, 2.75) is 19.4 Å². The van der Waals surface area contributed by atoms with Crippen LogP contribution in [0, 0.1) is 0 Å². The largest absolute Gasteiger partial charge is 0.391 e. The van der Waals surface area contributed by atoms with Crippen molar-refractivity contribution in [3.63, 3.8) is 0 Å². The fourth-order valence-electron chi connectivity index (χ4n) is 2.07. The van der Waals surface area contributed by atoms with Gasteiger partial charge in [0.15, 0.2) is 0 Å². The summed E-state index contributed by atoms with van der Waals surface area (Å²) in [5.74, 6) is 1.44. The van der Waals surface area contributed by atoms with Gasteiger partial charge in [-0.25, -0.2) is 4.98 Å². The summed E-state index contributed by atoms with van der Waals surface area (Å²) < 4.78 is 1.48. The van der Waals surface area contributed by atoms with E-state index >= 15 is 0 Å². The van der Waals surface area contributed by atoms with Crippen molar-refractivity contribution in [1.29, 1.82) is 0 Å². The van der Waals surface area contributed by atoms with Gasteiger partial charge in [0.25, 0.3) is 5.95 Å². The lowest BCUT2D eigenvalue weighted by molar-refractivity contribution is 0.198. The van der Waals surface area contributed by atoms with E-state index in [0.717, 1.165) is 13.0 Å². The Balaban J connectivity index is 1.96. The van der Waals surface area contributed by atoms with Crippen molar-refractivity contribution in [3.8, 4) is 5.95 Å². The molecule has 2 aromatic heterocycles. The van der Waals surface area contributed by atoms with Crippen LogP contribution >= 0.6 is 0 Å². The molecule has 0 aromatic carbocycles. The molecule has 0 amide bonds. The first-order chi connectivity index (χ1) is 9.76. The molecule has 2 aromatic rings. The number of aliphatic hydroxyl groups excluding tert-OH is 1. The third kappa shape index (κ3) is 2.52. The summed E-state index contributed by atoms with van der Waals surface area (Å²) in [4.78, 5) is 18.9. The summed E-state index contributed by atoms with van der Waals surface area (Å²) in [5, 5.41) is 16.7. The second-order valence-corrected chi connectivity index (χ2v) is 4.52. The van der Waals surface area contributed by atoms with Gasteiger partial charge in [-0.2, -0.15) is 24.7 Å². The second-order valence-electron chi connectivity index (χ2n) is 4.52. The molecule has 20 heavy (non-hydrogen) atoms. The topological polar surface area (TPSA) is 105 Å². The molecule has 2 N–H and O–H groups in total. The average Bonchev–Trinajstić information content (AvgIpc) is 3.09. The van der Waals surface area contributed by atoms with Gasteiger partial charge in [0, 0.05) is 19.6 Å². The number of nitrogens with zero attached hydrogens (tertiary/aromatic N) is 7. The van der Waals surface area contributed by atoms with E-state index in [0.29, 0.717) is 30.9 Å². The number of aliphatic hydroxyl groups is 1. The van der Waals surface area contributed by atoms with E-state index in [-0.39, 0.29) is 6.10 Å². The molecule has 1 fully saturated rings. The summed E-state index contributed by atoms with van der Waals surface area (Å²) >= 11 is 0. The first-order valence-electron chi connectivity index (χ1n) is 6.54. The van der Waals surface area contributed by atoms with Gasteiger partial charge in [0.05, 0.1) is 6.10 Å². The van der Waals surface area contributed by atoms with Crippen molar-refractivity contribution in [3.05, 3.63) is 12.7 Å². The van der Waals surface area contributed by atoms with E-state index < -0.39 is 0 Å². The normalized spacial score (nSPS) is 18.5. The molecule has 106 valence electrons. The highest BCUT2D eigenvalue weighted by molar-refractivity contribution is 5.40. The van der Waals surface area contributed by atoms with E-state index in [1.807, 2.05) is 11.8 Å².